The SMILES string of the molecule is C1CCC(Cc2nc(C3CCOC3)no2)C1. The fraction of sp³-hybridized carbons (Fsp3) is 0.833. The Labute approximate surface area is 95.4 Å². The van der Waals surface area contributed by atoms with Crippen molar-refractivity contribution in [2.75, 3.05) is 13.2 Å². The monoisotopic (exact) mass is 222 g/mol. The molecule has 1 aromatic rings. The Morgan fingerprint density at radius 3 is 2.81 bits per heavy atom. The molecule has 3 rings (SSSR count). The minimum absolute atomic E-state index is 0.362. The summed E-state index contributed by atoms with van der Waals surface area (Å²) in [7, 11) is 0. The summed E-state index contributed by atoms with van der Waals surface area (Å²) in [5.74, 6) is 2.81. The van der Waals surface area contributed by atoms with E-state index in [1.54, 1.807) is 0 Å². The first kappa shape index (κ1) is 10.3. The topological polar surface area (TPSA) is 48.2 Å². The van der Waals surface area contributed by atoms with Crippen molar-refractivity contribution >= 4 is 0 Å². The number of rotatable bonds is 3. The van der Waals surface area contributed by atoms with E-state index >= 15 is 0 Å². The van der Waals surface area contributed by atoms with Crippen molar-refractivity contribution in [3.8, 4) is 0 Å². The van der Waals surface area contributed by atoms with Crippen LogP contribution in [0.3, 0.4) is 0 Å². The fourth-order valence-electron chi connectivity index (χ4n) is 2.72. The van der Waals surface area contributed by atoms with Crippen LogP contribution in [0.1, 0.15) is 49.7 Å². The molecule has 1 aromatic heterocycles. The highest BCUT2D eigenvalue weighted by Gasteiger charge is 2.24. The van der Waals surface area contributed by atoms with Crippen LogP contribution in [0.2, 0.25) is 0 Å². The Morgan fingerprint density at radius 2 is 2.06 bits per heavy atom. The van der Waals surface area contributed by atoms with Crippen LogP contribution in [0.15, 0.2) is 4.52 Å². The molecule has 1 aliphatic carbocycles. The molecule has 4 heteroatoms. The van der Waals surface area contributed by atoms with Crippen LogP contribution in [0.5, 0.6) is 0 Å². The van der Waals surface area contributed by atoms with E-state index < -0.39 is 0 Å². The molecule has 1 aliphatic heterocycles. The molecule has 0 spiro atoms. The Kier molecular flexibility index (Phi) is 2.91. The molecule has 2 fully saturated rings. The molecule has 0 aromatic carbocycles. The van der Waals surface area contributed by atoms with E-state index in [0.717, 1.165) is 43.7 Å². The predicted octanol–water partition coefficient (Wildman–Crippen LogP) is 2.31. The summed E-state index contributed by atoms with van der Waals surface area (Å²) in [4.78, 5) is 4.50. The van der Waals surface area contributed by atoms with Crippen LogP contribution in [0.25, 0.3) is 0 Å². The molecule has 0 N–H and O–H groups in total. The Balaban J connectivity index is 1.62. The molecular weight excluding hydrogens is 204 g/mol. The van der Waals surface area contributed by atoms with Gasteiger partial charge in [-0.2, -0.15) is 4.98 Å². The van der Waals surface area contributed by atoms with Gasteiger partial charge in [-0.3, -0.25) is 0 Å². The Hall–Kier alpha value is -0.900. The average Bonchev–Trinajstić information content (AvgIpc) is 2.99. The van der Waals surface area contributed by atoms with Crippen molar-refractivity contribution in [2.24, 2.45) is 5.92 Å². The zero-order chi connectivity index (χ0) is 10.8. The molecular formula is C12H18N2O2. The van der Waals surface area contributed by atoms with E-state index in [2.05, 4.69) is 10.1 Å². The van der Waals surface area contributed by atoms with Gasteiger partial charge in [-0.15, -0.1) is 0 Å². The zero-order valence-electron chi connectivity index (χ0n) is 9.52. The standard InChI is InChI=1S/C12H18N2O2/c1-2-4-9(3-1)7-11-13-12(14-16-11)10-5-6-15-8-10/h9-10H,1-8H2. The van der Waals surface area contributed by atoms with Crippen LogP contribution in [-0.2, 0) is 11.2 Å². The van der Waals surface area contributed by atoms with Gasteiger partial charge in [0.05, 0.1) is 6.61 Å². The van der Waals surface area contributed by atoms with Crippen molar-refractivity contribution in [1.82, 2.24) is 10.1 Å². The lowest BCUT2D eigenvalue weighted by Crippen LogP contribution is -2.02. The molecule has 0 bridgehead atoms. The predicted molar refractivity (Wildman–Crippen MR) is 58.1 cm³/mol. The number of ether oxygens (including phenoxy) is 1. The second-order valence-electron chi connectivity index (χ2n) is 4.96. The van der Waals surface area contributed by atoms with Gasteiger partial charge >= 0.3 is 0 Å². The third-order valence-corrected chi connectivity index (χ3v) is 3.72. The maximum Gasteiger partial charge on any atom is 0.226 e. The van der Waals surface area contributed by atoms with Gasteiger partial charge in [0.15, 0.2) is 5.82 Å². The molecule has 0 amide bonds. The van der Waals surface area contributed by atoms with Crippen LogP contribution in [0, 0.1) is 5.92 Å². The smallest absolute Gasteiger partial charge is 0.226 e. The van der Waals surface area contributed by atoms with Crippen molar-refractivity contribution < 1.29 is 9.26 Å². The zero-order valence-corrected chi connectivity index (χ0v) is 9.52. The normalized spacial score (nSPS) is 26.6. The fourth-order valence-corrected chi connectivity index (χ4v) is 2.72. The molecule has 4 nitrogen and oxygen atoms in total. The first-order chi connectivity index (χ1) is 7.92. The van der Waals surface area contributed by atoms with Gasteiger partial charge in [0.2, 0.25) is 5.89 Å². The average molecular weight is 222 g/mol. The molecule has 1 saturated heterocycles. The van der Waals surface area contributed by atoms with Gasteiger partial charge in [0.1, 0.15) is 0 Å². The number of hydrogen-bond donors (Lipinski definition) is 0. The lowest BCUT2D eigenvalue weighted by molar-refractivity contribution is 0.192. The molecule has 16 heavy (non-hydrogen) atoms. The van der Waals surface area contributed by atoms with Gasteiger partial charge < -0.3 is 9.26 Å². The number of nitrogens with zero attached hydrogens (tertiary/aromatic N) is 2. The van der Waals surface area contributed by atoms with E-state index in [4.69, 9.17) is 9.26 Å². The van der Waals surface area contributed by atoms with Crippen LogP contribution >= 0.6 is 0 Å². The quantitative estimate of drug-likeness (QED) is 0.787. The Morgan fingerprint density at radius 1 is 1.19 bits per heavy atom. The third-order valence-electron chi connectivity index (χ3n) is 3.72. The van der Waals surface area contributed by atoms with Gasteiger partial charge in [-0.05, 0) is 25.2 Å². The van der Waals surface area contributed by atoms with Gasteiger partial charge in [0.25, 0.3) is 0 Å². The highest BCUT2D eigenvalue weighted by Crippen LogP contribution is 2.28. The summed E-state index contributed by atoms with van der Waals surface area (Å²) >= 11 is 0. The van der Waals surface area contributed by atoms with Crippen molar-refractivity contribution in [3.63, 3.8) is 0 Å². The van der Waals surface area contributed by atoms with Crippen LogP contribution in [0.4, 0.5) is 0 Å². The minimum atomic E-state index is 0.362. The van der Waals surface area contributed by atoms with Crippen LogP contribution < -0.4 is 0 Å². The first-order valence-electron chi connectivity index (χ1n) is 6.32. The maximum absolute atomic E-state index is 5.33. The minimum Gasteiger partial charge on any atom is -0.381 e. The lowest BCUT2D eigenvalue weighted by atomic mass is 10.0. The van der Waals surface area contributed by atoms with E-state index in [1.807, 2.05) is 0 Å². The highest BCUT2D eigenvalue weighted by atomic mass is 16.5. The van der Waals surface area contributed by atoms with E-state index in [9.17, 15) is 0 Å². The summed E-state index contributed by atoms with van der Waals surface area (Å²) in [5, 5.41) is 4.07. The third kappa shape index (κ3) is 2.12. The van der Waals surface area contributed by atoms with Gasteiger partial charge in [-0.1, -0.05) is 18.0 Å². The van der Waals surface area contributed by atoms with Crippen molar-refractivity contribution in [3.05, 3.63) is 11.7 Å². The highest BCUT2D eigenvalue weighted by molar-refractivity contribution is 4.98. The van der Waals surface area contributed by atoms with E-state index in [0.29, 0.717) is 5.92 Å². The largest absolute Gasteiger partial charge is 0.381 e. The van der Waals surface area contributed by atoms with E-state index in [1.165, 1.54) is 25.7 Å². The molecule has 1 atom stereocenters. The Bertz CT molecular complexity index is 339. The van der Waals surface area contributed by atoms with E-state index in [-0.39, 0.29) is 0 Å². The summed E-state index contributed by atoms with van der Waals surface area (Å²) < 4.78 is 10.7. The lowest BCUT2D eigenvalue weighted by Gasteiger charge is -2.03. The summed E-state index contributed by atoms with van der Waals surface area (Å²) in [6, 6.07) is 0. The molecule has 2 heterocycles. The maximum atomic E-state index is 5.33. The summed E-state index contributed by atoms with van der Waals surface area (Å²) in [5.41, 5.74) is 0. The number of hydrogen-bond acceptors (Lipinski definition) is 4. The first-order valence-corrected chi connectivity index (χ1v) is 6.32. The van der Waals surface area contributed by atoms with Gasteiger partial charge in [0, 0.05) is 18.9 Å². The molecule has 0 radical (unpaired) electrons. The molecule has 1 saturated carbocycles. The van der Waals surface area contributed by atoms with Gasteiger partial charge in [-0.25, -0.2) is 0 Å². The second-order valence-corrected chi connectivity index (χ2v) is 4.96. The molecule has 2 aliphatic rings. The van der Waals surface area contributed by atoms with Crippen molar-refractivity contribution in [1.29, 1.82) is 0 Å². The summed E-state index contributed by atoms with van der Waals surface area (Å²) in [6.45, 7) is 1.58. The molecule has 1 unspecified atom stereocenters. The van der Waals surface area contributed by atoms with Crippen molar-refractivity contribution in [2.45, 2.75) is 44.4 Å². The second kappa shape index (κ2) is 4.53. The number of aromatic nitrogens is 2. The molecule has 88 valence electrons. The van der Waals surface area contributed by atoms with Crippen LogP contribution in [-0.4, -0.2) is 23.4 Å². The summed E-state index contributed by atoms with van der Waals surface area (Å²) in [6.07, 6.45) is 7.38.